The Morgan fingerprint density at radius 3 is 2.50 bits per heavy atom. The number of hydrogen-bond acceptors (Lipinski definition) is 3. The zero-order valence-electron chi connectivity index (χ0n) is 11.6. The number of carbonyl (C=O) groups excluding carboxylic acids is 1. The van der Waals surface area contributed by atoms with E-state index in [4.69, 9.17) is 5.73 Å². The smallest absolute Gasteiger partial charge is 0.252 e. The van der Waals surface area contributed by atoms with Gasteiger partial charge < -0.3 is 16.2 Å². The van der Waals surface area contributed by atoms with Gasteiger partial charge >= 0.3 is 0 Å². The molecule has 0 heterocycles. The summed E-state index contributed by atoms with van der Waals surface area (Å²) in [7, 11) is 0. The molecule has 0 fully saturated rings. The van der Waals surface area contributed by atoms with Crippen molar-refractivity contribution >= 4 is 11.6 Å². The first kappa shape index (κ1) is 13.9. The summed E-state index contributed by atoms with van der Waals surface area (Å²) in [6, 6.07) is 10.5. The van der Waals surface area contributed by atoms with Gasteiger partial charge in [-0.15, -0.1) is 0 Å². The molecule has 1 amide bonds. The third kappa shape index (κ3) is 2.91. The van der Waals surface area contributed by atoms with Crippen LogP contribution in [0.2, 0.25) is 0 Å². The van der Waals surface area contributed by atoms with E-state index in [0.29, 0.717) is 16.8 Å². The quantitative estimate of drug-likeness (QED) is 0.592. The fourth-order valence-corrected chi connectivity index (χ4v) is 2.18. The van der Waals surface area contributed by atoms with Crippen molar-refractivity contribution in [3.8, 4) is 5.75 Å². The Labute approximate surface area is 118 Å². The summed E-state index contributed by atoms with van der Waals surface area (Å²) in [6.45, 7) is 4.04. The second-order valence-electron chi connectivity index (χ2n) is 4.84. The Morgan fingerprint density at radius 2 is 1.85 bits per heavy atom. The molecular formula is C16H18N2O2. The van der Waals surface area contributed by atoms with Crippen molar-refractivity contribution in [1.82, 2.24) is 5.32 Å². The Balaban J connectivity index is 2.15. The number of amides is 1. The SMILES string of the molecule is Cc1cccc(C)c1C(=O)NCc1cc(N)ccc1O. The van der Waals surface area contributed by atoms with Gasteiger partial charge in [0.05, 0.1) is 0 Å². The predicted octanol–water partition coefficient (Wildman–Crippen LogP) is 2.52. The maximum absolute atomic E-state index is 12.2. The van der Waals surface area contributed by atoms with Crippen LogP contribution in [0, 0.1) is 13.8 Å². The molecule has 4 N–H and O–H groups in total. The molecule has 0 saturated heterocycles. The summed E-state index contributed by atoms with van der Waals surface area (Å²) >= 11 is 0. The van der Waals surface area contributed by atoms with E-state index in [1.807, 2.05) is 32.0 Å². The normalized spacial score (nSPS) is 10.3. The van der Waals surface area contributed by atoms with Crippen LogP contribution in [0.25, 0.3) is 0 Å². The van der Waals surface area contributed by atoms with E-state index in [1.165, 1.54) is 6.07 Å². The summed E-state index contributed by atoms with van der Waals surface area (Å²) in [6.07, 6.45) is 0. The molecule has 4 nitrogen and oxygen atoms in total. The van der Waals surface area contributed by atoms with Crippen LogP contribution in [0.1, 0.15) is 27.0 Å². The molecule has 0 spiro atoms. The van der Waals surface area contributed by atoms with Crippen LogP contribution in [-0.2, 0) is 6.54 Å². The van der Waals surface area contributed by atoms with Crippen LogP contribution in [0.4, 0.5) is 5.69 Å². The van der Waals surface area contributed by atoms with Gasteiger partial charge in [-0.05, 0) is 43.2 Å². The molecular weight excluding hydrogens is 252 g/mol. The number of carbonyl (C=O) groups is 1. The van der Waals surface area contributed by atoms with Crippen molar-refractivity contribution in [2.45, 2.75) is 20.4 Å². The minimum Gasteiger partial charge on any atom is -0.508 e. The number of nitrogens with two attached hydrogens (primary N) is 1. The Bertz CT molecular complexity index is 631. The molecule has 4 heteroatoms. The van der Waals surface area contributed by atoms with Gasteiger partial charge in [-0.25, -0.2) is 0 Å². The summed E-state index contributed by atoms with van der Waals surface area (Å²) in [5.74, 6) is -0.0246. The number of aromatic hydroxyl groups is 1. The van der Waals surface area contributed by atoms with E-state index in [9.17, 15) is 9.90 Å². The van der Waals surface area contributed by atoms with Crippen LogP contribution in [0.15, 0.2) is 36.4 Å². The summed E-state index contributed by atoms with van der Waals surface area (Å²) in [5.41, 5.74) is 9.36. The minimum atomic E-state index is -0.151. The highest BCUT2D eigenvalue weighted by molar-refractivity contribution is 5.97. The number of phenolic OH excluding ortho intramolecular Hbond substituents is 1. The van der Waals surface area contributed by atoms with Crippen LogP contribution in [0.5, 0.6) is 5.75 Å². The van der Waals surface area contributed by atoms with Gasteiger partial charge in [0.15, 0.2) is 0 Å². The number of anilines is 1. The molecule has 0 aromatic heterocycles. The van der Waals surface area contributed by atoms with Crippen molar-refractivity contribution in [2.75, 3.05) is 5.73 Å². The highest BCUT2D eigenvalue weighted by atomic mass is 16.3. The third-order valence-corrected chi connectivity index (χ3v) is 3.25. The van der Waals surface area contributed by atoms with Gasteiger partial charge in [-0.1, -0.05) is 18.2 Å². The van der Waals surface area contributed by atoms with Gasteiger partial charge in [0.2, 0.25) is 0 Å². The lowest BCUT2D eigenvalue weighted by Gasteiger charge is -2.11. The second-order valence-corrected chi connectivity index (χ2v) is 4.84. The molecule has 104 valence electrons. The molecule has 2 rings (SSSR count). The van der Waals surface area contributed by atoms with E-state index in [1.54, 1.807) is 12.1 Å². The maximum atomic E-state index is 12.2. The third-order valence-electron chi connectivity index (χ3n) is 3.25. The number of benzene rings is 2. The molecule has 0 saturated carbocycles. The monoisotopic (exact) mass is 270 g/mol. The minimum absolute atomic E-state index is 0.126. The van der Waals surface area contributed by atoms with Crippen molar-refractivity contribution < 1.29 is 9.90 Å². The Kier molecular flexibility index (Phi) is 3.94. The van der Waals surface area contributed by atoms with Gasteiger partial charge in [-0.2, -0.15) is 0 Å². The second kappa shape index (κ2) is 5.65. The summed E-state index contributed by atoms with van der Waals surface area (Å²) in [5, 5.41) is 12.5. The number of nitrogen functional groups attached to an aromatic ring is 1. The lowest BCUT2D eigenvalue weighted by molar-refractivity contribution is 0.0949. The van der Waals surface area contributed by atoms with Gasteiger partial charge in [-0.3, -0.25) is 4.79 Å². The lowest BCUT2D eigenvalue weighted by atomic mass is 10.0. The lowest BCUT2D eigenvalue weighted by Crippen LogP contribution is -2.24. The molecule has 2 aromatic carbocycles. The zero-order chi connectivity index (χ0) is 14.7. The van der Waals surface area contributed by atoms with Gasteiger partial charge in [0, 0.05) is 23.4 Å². The molecule has 20 heavy (non-hydrogen) atoms. The van der Waals surface area contributed by atoms with Crippen LogP contribution >= 0.6 is 0 Å². The number of nitrogens with one attached hydrogen (secondary N) is 1. The first-order valence-corrected chi connectivity index (χ1v) is 6.41. The highest BCUT2D eigenvalue weighted by Gasteiger charge is 2.12. The first-order chi connectivity index (χ1) is 9.49. The average Bonchev–Trinajstić information content (AvgIpc) is 2.39. The molecule has 0 aliphatic rings. The van der Waals surface area contributed by atoms with Crippen LogP contribution in [-0.4, -0.2) is 11.0 Å². The van der Waals surface area contributed by atoms with E-state index in [2.05, 4.69) is 5.32 Å². The maximum Gasteiger partial charge on any atom is 0.252 e. The largest absolute Gasteiger partial charge is 0.508 e. The van der Waals surface area contributed by atoms with Gasteiger partial charge in [0.1, 0.15) is 5.75 Å². The van der Waals surface area contributed by atoms with Crippen molar-refractivity contribution in [1.29, 1.82) is 0 Å². The van der Waals surface area contributed by atoms with E-state index < -0.39 is 0 Å². The van der Waals surface area contributed by atoms with Crippen molar-refractivity contribution in [3.05, 3.63) is 58.7 Å². The van der Waals surface area contributed by atoms with Crippen molar-refractivity contribution in [3.63, 3.8) is 0 Å². The topological polar surface area (TPSA) is 75.4 Å². The fraction of sp³-hybridized carbons (Fsp3) is 0.188. The molecule has 0 aliphatic carbocycles. The van der Waals surface area contributed by atoms with E-state index >= 15 is 0 Å². The first-order valence-electron chi connectivity index (χ1n) is 6.41. The Morgan fingerprint density at radius 1 is 1.20 bits per heavy atom. The molecule has 0 bridgehead atoms. The number of rotatable bonds is 3. The summed E-state index contributed by atoms with van der Waals surface area (Å²) in [4.78, 5) is 12.2. The highest BCUT2D eigenvalue weighted by Crippen LogP contribution is 2.20. The molecule has 0 unspecified atom stereocenters. The van der Waals surface area contributed by atoms with E-state index in [0.717, 1.165) is 11.1 Å². The average molecular weight is 270 g/mol. The Hall–Kier alpha value is -2.49. The van der Waals surface area contributed by atoms with E-state index in [-0.39, 0.29) is 18.2 Å². The zero-order valence-corrected chi connectivity index (χ0v) is 11.6. The van der Waals surface area contributed by atoms with Crippen LogP contribution < -0.4 is 11.1 Å². The molecule has 2 aromatic rings. The van der Waals surface area contributed by atoms with Crippen LogP contribution in [0.3, 0.4) is 0 Å². The summed E-state index contributed by atoms with van der Waals surface area (Å²) < 4.78 is 0. The molecule has 0 aliphatic heterocycles. The number of phenols is 1. The fourth-order valence-electron chi connectivity index (χ4n) is 2.18. The molecule has 0 radical (unpaired) electrons. The number of aryl methyl sites for hydroxylation is 2. The number of hydrogen-bond donors (Lipinski definition) is 3. The van der Waals surface area contributed by atoms with Gasteiger partial charge in [0.25, 0.3) is 5.91 Å². The molecule has 0 atom stereocenters. The predicted molar refractivity (Wildman–Crippen MR) is 79.6 cm³/mol. The standard InChI is InChI=1S/C16H18N2O2/c1-10-4-3-5-11(2)15(10)16(20)18-9-12-8-13(17)6-7-14(12)19/h3-8,19H,9,17H2,1-2H3,(H,18,20). The van der Waals surface area contributed by atoms with Crippen molar-refractivity contribution in [2.24, 2.45) is 0 Å².